The van der Waals surface area contributed by atoms with E-state index in [9.17, 15) is 4.79 Å². The maximum atomic E-state index is 11.7. The first-order chi connectivity index (χ1) is 9.13. The molecule has 0 atom stereocenters. The number of nitrogens with two attached hydrogens (primary N) is 1. The number of amides is 1. The van der Waals surface area contributed by atoms with E-state index in [1.165, 1.54) is 18.6 Å². The van der Waals surface area contributed by atoms with Crippen molar-refractivity contribution < 1.29 is 4.79 Å². The molecule has 0 unspecified atom stereocenters. The molecule has 1 aromatic carbocycles. The largest absolute Gasteiger partial charge is 0.397 e. The lowest BCUT2D eigenvalue weighted by atomic mass is 10.2. The van der Waals surface area contributed by atoms with Crippen molar-refractivity contribution in [2.45, 2.75) is 32.6 Å². The first-order valence-electron chi connectivity index (χ1n) is 6.56. The van der Waals surface area contributed by atoms with Gasteiger partial charge >= 0.3 is 0 Å². The van der Waals surface area contributed by atoms with Crippen LogP contribution in [0.3, 0.4) is 0 Å². The average Bonchev–Trinajstić information content (AvgIpc) is 2.38. The van der Waals surface area contributed by atoms with Crippen molar-refractivity contribution >= 4 is 40.6 Å². The van der Waals surface area contributed by atoms with Gasteiger partial charge in [0.2, 0.25) is 5.91 Å². The predicted octanol–water partition coefficient (Wildman–Crippen LogP) is 4.17. The minimum atomic E-state index is 0.0258. The highest BCUT2D eigenvalue weighted by atomic mass is 35.5. The van der Waals surface area contributed by atoms with E-state index in [2.05, 4.69) is 12.2 Å². The lowest BCUT2D eigenvalue weighted by Crippen LogP contribution is -2.11. The molecule has 19 heavy (non-hydrogen) atoms. The summed E-state index contributed by atoms with van der Waals surface area (Å²) in [6.07, 6.45) is 3.93. The molecule has 0 fully saturated rings. The number of nitrogens with one attached hydrogen (secondary N) is 1. The van der Waals surface area contributed by atoms with E-state index in [0.717, 1.165) is 12.2 Å². The van der Waals surface area contributed by atoms with Crippen LogP contribution in [0, 0.1) is 0 Å². The normalized spacial score (nSPS) is 10.4. The second-order valence-electron chi connectivity index (χ2n) is 4.35. The summed E-state index contributed by atoms with van der Waals surface area (Å²) in [6.45, 7) is 2.19. The fourth-order valence-corrected chi connectivity index (χ4v) is 2.69. The van der Waals surface area contributed by atoms with Gasteiger partial charge in [-0.25, -0.2) is 0 Å². The van der Waals surface area contributed by atoms with Crippen LogP contribution in [0.1, 0.15) is 32.6 Å². The van der Waals surface area contributed by atoms with Crippen LogP contribution < -0.4 is 11.1 Å². The Morgan fingerprint density at radius 1 is 1.37 bits per heavy atom. The number of carbonyl (C=O) groups excluding carboxylic acids is 1. The quantitative estimate of drug-likeness (QED) is 0.559. The van der Waals surface area contributed by atoms with Gasteiger partial charge in [0.1, 0.15) is 0 Å². The number of anilines is 2. The summed E-state index contributed by atoms with van der Waals surface area (Å²) >= 11 is 7.73. The number of hydrogen-bond donors (Lipinski definition) is 2. The summed E-state index contributed by atoms with van der Waals surface area (Å²) in [5, 5.41) is 3.33. The lowest BCUT2D eigenvalue weighted by molar-refractivity contribution is -0.116. The molecule has 0 aliphatic rings. The highest BCUT2D eigenvalue weighted by Crippen LogP contribution is 2.22. The number of carbonyl (C=O) groups is 1. The van der Waals surface area contributed by atoms with E-state index >= 15 is 0 Å². The van der Waals surface area contributed by atoms with Gasteiger partial charge in [-0.15, -0.1) is 0 Å². The minimum Gasteiger partial charge on any atom is -0.397 e. The van der Waals surface area contributed by atoms with E-state index in [0.29, 0.717) is 22.8 Å². The number of thioether (sulfide) groups is 1. The first kappa shape index (κ1) is 16.2. The Balaban J connectivity index is 2.21. The third-order valence-electron chi connectivity index (χ3n) is 2.61. The third kappa shape index (κ3) is 6.73. The monoisotopic (exact) mass is 300 g/mol. The molecule has 0 aliphatic carbocycles. The van der Waals surface area contributed by atoms with Crippen LogP contribution in [-0.2, 0) is 4.79 Å². The zero-order chi connectivity index (χ0) is 14.1. The van der Waals surface area contributed by atoms with Crippen molar-refractivity contribution in [1.82, 2.24) is 0 Å². The SMILES string of the molecule is CCCCSCCCC(=O)Nc1ccc(Cl)c(N)c1. The van der Waals surface area contributed by atoms with Crippen molar-refractivity contribution in [2.75, 3.05) is 22.6 Å². The van der Waals surface area contributed by atoms with Crippen LogP contribution in [0.5, 0.6) is 0 Å². The van der Waals surface area contributed by atoms with Crippen LogP contribution in [0.15, 0.2) is 18.2 Å². The summed E-state index contributed by atoms with van der Waals surface area (Å²) < 4.78 is 0. The standard InChI is InChI=1S/C14H21ClN2OS/c1-2-3-8-19-9-4-5-14(18)17-11-6-7-12(15)13(16)10-11/h6-7,10H,2-5,8-9,16H2,1H3,(H,17,18). The van der Waals surface area contributed by atoms with E-state index < -0.39 is 0 Å². The number of unbranched alkanes of at least 4 members (excludes halogenated alkanes) is 1. The molecule has 0 radical (unpaired) electrons. The van der Waals surface area contributed by atoms with Gasteiger partial charge in [-0.2, -0.15) is 11.8 Å². The zero-order valence-electron chi connectivity index (χ0n) is 11.2. The smallest absolute Gasteiger partial charge is 0.224 e. The molecule has 1 amide bonds. The summed E-state index contributed by atoms with van der Waals surface area (Å²) in [4.78, 5) is 11.7. The van der Waals surface area contributed by atoms with Gasteiger partial charge in [-0.05, 0) is 42.5 Å². The second-order valence-corrected chi connectivity index (χ2v) is 5.99. The van der Waals surface area contributed by atoms with Crippen LogP contribution in [0.2, 0.25) is 5.02 Å². The summed E-state index contributed by atoms with van der Waals surface area (Å²) in [5.74, 6) is 2.25. The Kier molecular flexibility index (Phi) is 7.75. The van der Waals surface area contributed by atoms with Crippen molar-refractivity contribution in [3.63, 3.8) is 0 Å². The summed E-state index contributed by atoms with van der Waals surface area (Å²) in [6, 6.07) is 5.12. The topological polar surface area (TPSA) is 55.1 Å². The molecule has 0 spiro atoms. The van der Waals surface area contributed by atoms with Crippen molar-refractivity contribution in [1.29, 1.82) is 0 Å². The van der Waals surface area contributed by atoms with E-state index in [1.807, 2.05) is 11.8 Å². The van der Waals surface area contributed by atoms with Crippen molar-refractivity contribution in [2.24, 2.45) is 0 Å². The number of benzene rings is 1. The fourth-order valence-electron chi connectivity index (χ4n) is 1.53. The maximum Gasteiger partial charge on any atom is 0.224 e. The molecule has 0 aliphatic heterocycles. The molecular weight excluding hydrogens is 280 g/mol. The van der Waals surface area contributed by atoms with Crippen LogP contribution in [-0.4, -0.2) is 17.4 Å². The van der Waals surface area contributed by atoms with Crippen LogP contribution in [0.4, 0.5) is 11.4 Å². The van der Waals surface area contributed by atoms with Gasteiger partial charge in [0, 0.05) is 12.1 Å². The Bertz CT molecular complexity index is 412. The molecule has 0 saturated heterocycles. The summed E-state index contributed by atoms with van der Waals surface area (Å²) in [7, 11) is 0. The van der Waals surface area contributed by atoms with Crippen molar-refractivity contribution in [3.8, 4) is 0 Å². The zero-order valence-corrected chi connectivity index (χ0v) is 12.8. The Labute approximate surface area is 124 Å². The molecule has 3 N–H and O–H groups in total. The number of rotatable bonds is 8. The molecule has 1 rings (SSSR count). The third-order valence-corrected chi connectivity index (χ3v) is 4.11. The van der Waals surface area contributed by atoms with Gasteiger partial charge < -0.3 is 11.1 Å². The Morgan fingerprint density at radius 3 is 2.79 bits per heavy atom. The molecule has 106 valence electrons. The lowest BCUT2D eigenvalue weighted by Gasteiger charge is -2.07. The number of halogens is 1. The molecule has 0 heterocycles. The highest BCUT2D eigenvalue weighted by molar-refractivity contribution is 7.99. The van der Waals surface area contributed by atoms with E-state index in [4.69, 9.17) is 17.3 Å². The predicted molar refractivity (Wildman–Crippen MR) is 86.0 cm³/mol. The molecule has 0 aromatic heterocycles. The molecular formula is C14H21ClN2OS. The molecule has 3 nitrogen and oxygen atoms in total. The van der Waals surface area contributed by atoms with Crippen LogP contribution >= 0.6 is 23.4 Å². The first-order valence-corrected chi connectivity index (χ1v) is 8.09. The van der Waals surface area contributed by atoms with Crippen molar-refractivity contribution in [3.05, 3.63) is 23.2 Å². The van der Waals surface area contributed by atoms with Gasteiger partial charge in [0.15, 0.2) is 0 Å². The van der Waals surface area contributed by atoms with Gasteiger partial charge in [-0.1, -0.05) is 24.9 Å². The molecule has 5 heteroatoms. The number of nitrogen functional groups attached to an aromatic ring is 1. The van der Waals surface area contributed by atoms with Gasteiger partial charge in [-0.3, -0.25) is 4.79 Å². The molecule has 0 bridgehead atoms. The van der Waals surface area contributed by atoms with E-state index in [1.54, 1.807) is 18.2 Å². The molecule has 0 saturated carbocycles. The second kappa shape index (κ2) is 9.10. The fraction of sp³-hybridized carbons (Fsp3) is 0.500. The Morgan fingerprint density at radius 2 is 2.11 bits per heavy atom. The Hall–Kier alpha value is -0.870. The van der Waals surface area contributed by atoms with E-state index in [-0.39, 0.29) is 5.91 Å². The minimum absolute atomic E-state index is 0.0258. The highest BCUT2D eigenvalue weighted by Gasteiger charge is 2.04. The average molecular weight is 301 g/mol. The van der Waals surface area contributed by atoms with Gasteiger partial charge in [0.05, 0.1) is 10.7 Å². The maximum absolute atomic E-state index is 11.7. The molecule has 1 aromatic rings. The number of hydrogen-bond acceptors (Lipinski definition) is 3. The summed E-state index contributed by atoms with van der Waals surface area (Å²) in [5.41, 5.74) is 6.86. The van der Waals surface area contributed by atoms with Gasteiger partial charge in [0.25, 0.3) is 0 Å². The van der Waals surface area contributed by atoms with Crippen LogP contribution in [0.25, 0.3) is 0 Å².